The van der Waals surface area contributed by atoms with Crippen LogP contribution in [-0.4, -0.2) is 49.6 Å². The van der Waals surface area contributed by atoms with E-state index in [9.17, 15) is 9.59 Å². The van der Waals surface area contributed by atoms with E-state index in [0.29, 0.717) is 18.0 Å². The van der Waals surface area contributed by atoms with Gasteiger partial charge in [-0.1, -0.05) is 55.1 Å². The molecule has 2 aromatic rings. The number of anilines is 1. The van der Waals surface area contributed by atoms with Crippen molar-refractivity contribution in [2.45, 2.75) is 50.5 Å². The molecule has 0 aromatic heterocycles. The summed E-state index contributed by atoms with van der Waals surface area (Å²) in [6, 6.07) is 15.4. The molecule has 0 unspecified atom stereocenters. The van der Waals surface area contributed by atoms with Gasteiger partial charge in [-0.05, 0) is 48.2 Å². The Morgan fingerprint density at radius 2 is 1.76 bits per heavy atom. The molecule has 4 rings (SSSR count). The average Bonchev–Trinajstić information content (AvgIpc) is 2.87. The first kappa shape index (κ1) is 24.7. The third kappa shape index (κ3) is 6.38. The fourth-order valence-corrected chi connectivity index (χ4v) is 5.20. The number of ether oxygens (including phenoxy) is 1. The van der Waals surface area contributed by atoms with Crippen LogP contribution in [0.4, 0.5) is 5.69 Å². The monoisotopic (exact) mass is 483 g/mol. The smallest absolute Gasteiger partial charge is 0.230 e. The molecule has 1 heterocycles. The quantitative estimate of drug-likeness (QED) is 0.579. The van der Waals surface area contributed by atoms with Crippen molar-refractivity contribution in [1.29, 1.82) is 0 Å². The molecule has 1 aliphatic heterocycles. The van der Waals surface area contributed by atoms with Crippen molar-refractivity contribution in [1.82, 2.24) is 10.2 Å². The molecule has 2 amide bonds. The molecule has 0 bridgehead atoms. The molecule has 34 heavy (non-hydrogen) atoms. The first-order valence-electron chi connectivity index (χ1n) is 12.3. The molecule has 2 fully saturated rings. The number of benzene rings is 2. The summed E-state index contributed by atoms with van der Waals surface area (Å²) in [5.74, 6) is 0.0456. The van der Waals surface area contributed by atoms with Crippen molar-refractivity contribution in [2.75, 3.05) is 38.2 Å². The Kier molecular flexibility index (Phi) is 8.59. The van der Waals surface area contributed by atoms with Gasteiger partial charge < -0.3 is 15.4 Å². The van der Waals surface area contributed by atoms with Gasteiger partial charge >= 0.3 is 0 Å². The SMILES string of the molecule is O=C(CCN1CCOCC1)Nc1cccc(CNC(=O)C2(c3cccc(Cl)c3)CCCCC2)c1. The van der Waals surface area contributed by atoms with Crippen LogP contribution in [0.3, 0.4) is 0 Å². The Morgan fingerprint density at radius 1 is 1.00 bits per heavy atom. The largest absolute Gasteiger partial charge is 0.379 e. The first-order chi connectivity index (χ1) is 16.5. The van der Waals surface area contributed by atoms with E-state index in [1.807, 2.05) is 48.5 Å². The normalized spacial score (nSPS) is 18.3. The zero-order valence-corrected chi connectivity index (χ0v) is 20.4. The van der Waals surface area contributed by atoms with E-state index in [2.05, 4.69) is 15.5 Å². The third-order valence-electron chi connectivity index (χ3n) is 6.94. The number of nitrogens with zero attached hydrogens (tertiary/aromatic N) is 1. The molecule has 0 radical (unpaired) electrons. The Balaban J connectivity index is 1.35. The van der Waals surface area contributed by atoms with Gasteiger partial charge in [-0.3, -0.25) is 14.5 Å². The molecular weight excluding hydrogens is 450 g/mol. The maximum absolute atomic E-state index is 13.5. The molecule has 6 nitrogen and oxygen atoms in total. The predicted molar refractivity (Wildman–Crippen MR) is 135 cm³/mol. The third-order valence-corrected chi connectivity index (χ3v) is 7.18. The van der Waals surface area contributed by atoms with Crippen molar-refractivity contribution in [3.05, 3.63) is 64.7 Å². The second-order valence-electron chi connectivity index (χ2n) is 9.29. The summed E-state index contributed by atoms with van der Waals surface area (Å²) in [5.41, 5.74) is 2.17. The Bertz CT molecular complexity index is 985. The second-order valence-corrected chi connectivity index (χ2v) is 9.72. The number of carbonyl (C=O) groups is 2. The number of amides is 2. The topological polar surface area (TPSA) is 70.7 Å². The van der Waals surface area contributed by atoms with E-state index in [4.69, 9.17) is 16.3 Å². The van der Waals surface area contributed by atoms with Crippen LogP contribution in [-0.2, 0) is 26.3 Å². The van der Waals surface area contributed by atoms with Crippen molar-refractivity contribution >= 4 is 29.1 Å². The van der Waals surface area contributed by atoms with Gasteiger partial charge in [0.15, 0.2) is 0 Å². The van der Waals surface area contributed by atoms with Crippen LogP contribution in [0.25, 0.3) is 0 Å². The predicted octanol–water partition coefficient (Wildman–Crippen LogP) is 4.52. The molecule has 1 saturated carbocycles. The zero-order chi connectivity index (χ0) is 23.8. The lowest BCUT2D eigenvalue weighted by molar-refractivity contribution is -0.128. The lowest BCUT2D eigenvalue weighted by Crippen LogP contribution is -2.45. The number of morpholine rings is 1. The molecule has 2 N–H and O–H groups in total. The molecule has 1 saturated heterocycles. The van der Waals surface area contributed by atoms with Gasteiger partial charge in [0.05, 0.1) is 18.6 Å². The van der Waals surface area contributed by atoms with Crippen LogP contribution in [0.2, 0.25) is 5.02 Å². The van der Waals surface area contributed by atoms with Gasteiger partial charge in [0.1, 0.15) is 0 Å². The van der Waals surface area contributed by atoms with Gasteiger partial charge in [-0.25, -0.2) is 0 Å². The summed E-state index contributed by atoms with van der Waals surface area (Å²) >= 11 is 6.25. The van der Waals surface area contributed by atoms with Crippen molar-refractivity contribution in [3.63, 3.8) is 0 Å². The van der Waals surface area contributed by atoms with Gasteiger partial charge in [0.25, 0.3) is 0 Å². The summed E-state index contributed by atoms with van der Waals surface area (Å²) in [5, 5.41) is 6.81. The van der Waals surface area contributed by atoms with Gasteiger partial charge in [-0.2, -0.15) is 0 Å². The molecule has 182 valence electrons. The maximum atomic E-state index is 13.5. The lowest BCUT2D eigenvalue weighted by Gasteiger charge is -2.36. The van der Waals surface area contributed by atoms with Crippen LogP contribution in [0.5, 0.6) is 0 Å². The number of carbonyl (C=O) groups excluding carboxylic acids is 2. The summed E-state index contributed by atoms with van der Waals surface area (Å²) in [4.78, 5) is 28.1. The molecule has 0 atom stereocenters. The summed E-state index contributed by atoms with van der Waals surface area (Å²) in [7, 11) is 0. The van der Waals surface area contributed by atoms with Crippen LogP contribution < -0.4 is 10.6 Å². The molecule has 0 spiro atoms. The zero-order valence-electron chi connectivity index (χ0n) is 19.7. The van der Waals surface area contributed by atoms with E-state index in [0.717, 1.165) is 81.8 Å². The fraction of sp³-hybridized carbons (Fsp3) is 0.481. The van der Waals surface area contributed by atoms with Crippen molar-refractivity contribution in [2.24, 2.45) is 0 Å². The highest BCUT2D eigenvalue weighted by Crippen LogP contribution is 2.40. The minimum Gasteiger partial charge on any atom is -0.379 e. The summed E-state index contributed by atoms with van der Waals surface area (Å²) in [6.07, 6.45) is 5.33. The van der Waals surface area contributed by atoms with Gasteiger partial charge in [-0.15, -0.1) is 0 Å². The van der Waals surface area contributed by atoms with E-state index >= 15 is 0 Å². The Labute approximate surface area is 207 Å². The standard InChI is InChI=1S/C27H34ClN3O3/c28-23-8-5-7-22(19-23)27(11-2-1-3-12-27)26(33)29-20-21-6-4-9-24(18-21)30-25(32)10-13-31-14-16-34-17-15-31/h4-9,18-19H,1-3,10-17,20H2,(H,29,33)(H,30,32). The van der Waals surface area contributed by atoms with E-state index in [-0.39, 0.29) is 11.8 Å². The van der Waals surface area contributed by atoms with Crippen LogP contribution >= 0.6 is 11.6 Å². The van der Waals surface area contributed by atoms with E-state index in [1.54, 1.807) is 0 Å². The second kappa shape index (κ2) is 11.8. The maximum Gasteiger partial charge on any atom is 0.230 e. The highest BCUT2D eigenvalue weighted by atomic mass is 35.5. The Hall–Kier alpha value is -2.41. The van der Waals surface area contributed by atoms with E-state index in [1.165, 1.54) is 0 Å². The molecule has 1 aliphatic carbocycles. The molecule has 2 aliphatic rings. The Morgan fingerprint density at radius 3 is 2.53 bits per heavy atom. The number of rotatable bonds is 8. The van der Waals surface area contributed by atoms with Crippen LogP contribution in [0.1, 0.15) is 49.7 Å². The van der Waals surface area contributed by atoms with Gasteiger partial charge in [0.2, 0.25) is 11.8 Å². The summed E-state index contributed by atoms with van der Waals surface area (Å²) < 4.78 is 5.35. The van der Waals surface area contributed by atoms with Crippen molar-refractivity contribution in [3.8, 4) is 0 Å². The molecule has 2 aromatic carbocycles. The van der Waals surface area contributed by atoms with Crippen LogP contribution in [0.15, 0.2) is 48.5 Å². The first-order valence-corrected chi connectivity index (χ1v) is 12.7. The molecule has 7 heteroatoms. The van der Waals surface area contributed by atoms with E-state index < -0.39 is 5.41 Å². The number of hydrogen-bond donors (Lipinski definition) is 2. The number of hydrogen-bond acceptors (Lipinski definition) is 4. The van der Waals surface area contributed by atoms with Crippen LogP contribution in [0, 0.1) is 0 Å². The summed E-state index contributed by atoms with van der Waals surface area (Å²) in [6.45, 7) is 4.36. The highest BCUT2D eigenvalue weighted by molar-refractivity contribution is 6.30. The highest BCUT2D eigenvalue weighted by Gasteiger charge is 2.41. The average molecular weight is 484 g/mol. The number of nitrogens with one attached hydrogen (secondary N) is 2. The molecular formula is C27H34ClN3O3. The lowest BCUT2D eigenvalue weighted by atomic mass is 9.68. The minimum atomic E-state index is -0.533. The van der Waals surface area contributed by atoms with Crippen molar-refractivity contribution < 1.29 is 14.3 Å². The van der Waals surface area contributed by atoms with Gasteiger partial charge in [0, 0.05) is 43.3 Å². The minimum absolute atomic E-state index is 0.00482. The number of halogens is 1. The fourth-order valence-electron chi connectivity index (χ4n) is 5.01.